The first-order valence-corrected chi connectivity index (χ1v) is 8.03. The van der Waals surface area contributed by atoms with Gasteiger partial charge in [-0.05, 0) is 46.6 Å². The van der Waals surface area contributed by atoms with E-state index in [1.54, 1.807) is 6.92 Å². The Balaban J connectivity index is 1.53. The third-order valence-corrected chi connectivity index (χ3v) is 4.16. The van der Waals surface area contributed by atoms with Crippen molar-refractivity contribution in [3.63, 3.8) is 0 Å². The fraction of sp³-hybridized carbons (Fsp3) is 0.800. The van der Waals surface area contributed by atoms with E-state index in [-0.39, 0.29) is 11.6 Å². The molecule has 0 bridgehead atoms. The summed E-state index contributed by atoms with van der Waals surface area (Å²) in [6, 6.07) is -0.112. The zero-order chi connectivity index (χ0) is 16.0. The van der Waals surface area contributed by atoms with E-state index in [0.717, 1.165) is 19.5 Å². The molecule has 0 aliphatic carbocycles. The number of hydrogen-bond acceptors (Lipinski definition) is 5. The van der Waals surface area contributed by atoms with Crippen molar-refractivity contribution in [3.8, 4) is 0 Å². The number of carbonyl (C=O) groups excluding carboxylic acids is 1. The average Bonchev–Trinajstić information content (AvgIpc) is 3.01. The number of urea groups is 1. The van der Waals surface area contributed by atoms with E-state index < -0.39 is 0 Å². The lowest BCUT2D eigenvalue weighted by atomic mass is 10.0. The summed E-state index contributed by atoms with van der Waals surface area (Å²) in [6.07, 6.45) is 3.94. The van der Waals surface area contributed by atoms with Gasteiger partial charge in [-0.1, -0.05) is 5.16 Å². The Hall–Kier alpha value is -1.63. The van der Waals surface area contributed by atoms with Crippen LogP contribution < -0.4 is 10.6 Å². The molecule has 0 spiro atoms. The van der Waals surface area contributed by atoms with Crippen molar-refractivity contribution >= 4 is 6.03 Å². The van der Waals surface area contributed by atoms with E-state index >= 15 is 0 Å². The van der Waals surface area contributed by atoms with Gasteiger partial charge in [0.1, 0.15) is 0 Å². The molecule has 2 amide bonds. The maximum atomic E-state index is 11.7. The summed E-state index contributed by atoms with van der Waals surface area (Å²) in [7, 11) is 0. The monoisotopic (exact) mass is 309 g/mol. The van der Waals surface area contributed by atoms with Crippen LogP contribution in [0, 0.1) is 6.92 Å². The van der Waals surface area contributed by atoms with Crippen molar-refractivity contribution in [1.82, 2.24) is 25.7 Å². The quantitative estimate of drug-likeness (QED) is 0.746. The minimum atomic E-state index is -0.112. The molecule has 0 saturated carbocycles. The molecule has 2 rings (SSSR count). The molecule has 1 aromatic rings. The standard InChI is InChI=1S/C15H27N5O2/c1-12-18-13(22-19-12)6-4-8-16-14(21)17-9-11-20-10-5-7-15(20,2)3/h4-11H2,1-3H3,(H2,16,17,21). The SMILES string of the molecule is Cc1noc(CCCNC(=O)NCCN2CCCC2(C)C)n1. The minimum absolute atomic E-state index is 0.112. The topological polar surface area (TPSA) is 83.3 Å². The van der Waals surface area contributed by atoms with E-state index in [1.807, 2.05) is 0 Å². The number of aromatic nitrogens is 2. The second kappa shape index (κ2) is 7.58. The Kier molecular flexibility index (Phi) is 5.76. The van der Waals surface area contributed by atoms with Gasteiger partial charge in [0, 0.05) is 31.6 Å². The lowest BCUT2D eigenvalue weighted by Crippen LogP contribution is -2.45. The Labute approximate surface area is 131 Å². The lowest BCUT2D eigenvalue weighted by Gasteiger charge is -2.31. The van der Waals surface area contributed by atoms with Gasteiger partial charge in [-0.3, -0.25) is 4.90 Å². The lowest BCUT2D eigenvalue weighted by molar-refractivity contribution is 0.175. The molecule has 0 unspecified atom stereocenters. The molecule has 7 heteroatoms. The zero-order valence-electron chi connectivity index (χ0n) is 13.8. The number of likely N-dealkylation sites (tertiary alicyclic amines) is 1. The van der Waals surface area contributed by atoms with Crippen LogP contribution in [-0.2, 0) is 6.42 Å². The summed E-state index contributed by atoms with van der Waals surface area (Å²) in [4.78, 5) is 18.3. The third-order valence-electron chi connectivity index (χ3n) is 4.16. The molecule has 1 aliphatic heterocycles. The minimum Gasteiger partial charge on any atom is -0.339 e. The highest BCUT2D eigenvalue weighted by atomic mass is 16.5. The van der Waals surface area contributed by atoms with E-state index in [0.29, 0.717) is 31.2 Å². The molecule has 0 aromatic carbocycles. The van der Waals surface area contributed by atoms with Gasteiger partial charge >= 0.3 is 6.03 Å². The van der Waals surface area contributed by atoms with Gasteiger partial charge in [0.15, 0.2) is 5.82 Å². The predicted octanol–water partition coefficient (Wildman–Crippen LogP) is 1.48. The summed E-state index contributed by atoms with van der Waals surface area (Å²) >= 11 is 0. The van der Waals surface area contributed by atoms with E-state index in [9.17, 15) is 4.79 Å². The van der Waals surface area contributed by atoms with Crippen molar-refractivity contribution in [1.29, 1.82) is 0 Å². The van der Waals surface area contributed by atoms with Crippen molar-refractivity contribution in [2.45, 2.75) is 52.0 Å². The normalized spacial score (nSPS) is 17.6. The Morgan fingerprint density at radius 1 is 1.36 bits per heavy atom. The second-order valence-corrected chi connectivity index (χ2v) is 6.42. The van der Waals surface area contributed by atoms with E-state index in [2.05, 4.69) is 39.5 Å². The highest BCUT2D eigenvalue weighted by molar-refractivity contribution is 5.73. The predicted molar refractivity (Wildman–Crippen MR) is 83.6 cm³/mol. The number of carbonyl (C=O) groups is 1. The van der Waals surface area contributed by atoms with Crippen molar-refractivity contribution < 1.29 is 9.32 Å². The molecule has 7 nitrogen and oxygen atoms in total. The molecular weight excluding hydrogens is 282 g/mol. The van der Waals surface area contributed by atoms with Gasteiger partial charge in [-0.2, -0.15) is 4.98 Å². The summed E-state index contributed by atoms with van der Waals surface area (Å²) in [6.45, 7) is 9.63. The molecule has 1 fully saturated rings. The smallest absolute Gasteiger partial charge is 0.314 e. The van der Waals surface area contributed by atoms with Crippen LogP contribution in [0.15, 0.2) is 4.52 Å². The van der Waals surface area contributed by atoms with Crippen molar-refractivity contribution in [2.24, 2.45) is 0 Å². The van der Waals surface area contributed by atoms with Gasteiger partial charge < -0.3 is 15.2 Å². The van der Waals surface area contributed by atoms with Crippen LogP contribution in [0.4, 0.5) is 4.79 Å². The van der Waals surface area contributed by atoms with Gasteiger partial charge in [0.2, 0.25) is 5.89 Å². The molecule has 0 atom stereocenters. The summed E-state index contributed by atoms with van der Waals surface area (Å²) < 4.78 is 5.02. The van der Waals surface area contributed by atoms with Gasteiger partial charge in [0.25, 0.3) is 0 Å². The number of rotatable bonds is 7. The average molecular weight is 309 g/mol. The second-order valence-electron chi connectivity index (χ2n) is 6.42. The van der Waals surface area contributed by atoms with Crippen molar-refractivity contribution in [3.05, 3.63) is 11.7 Å². The Morgan fingerprint density at radius 2 is 2.14 bits per heavy atom. The molecule has 2 heterocycles. The van der Waals surface area contributed by atoms with Crippen LogP contribution in [0.1, 0.15) is 44.8 Å². The van der Waals surface area contributed by atoms with E-state index in [4.69, 9.17) is 4.52 Å². The third kappa shape index (κ3) is 4.98. The first kappa shape index (κ1) is 16.7. The van der Waals surface area contributed by atoms with Gasteiger partial charge in [-0.25, -0.2) is 4.79 Å². The Bertz CT molecular complexity index is 486. The molecule has 0 radical (unpaired) electrons. The maximum Gasteiger partial charge on any atom is 0.314 e. The fourth-order valence-electron chi connectivity index (χ4n) is 2.83. The van der Waals surface area contributed by atoms with Crippen LogP contribution in [0.3, 0.4) is 0 Å². The molecule has 1 aliphatic rings. The van der Waals surface area contributed by atoms with Crippen LogP contribution in [-0.4, -0.2) is 52.8 Å². The van der Waals surface area contributed by atoms with E-state index in [1.165, 1.54) is 12.8 Å². The number of aryl methyl sites for hydroxylation is 2. The van der Waals surface area contributed by atoms with Crippen molar-refractivity contribution in [2.75, 3.05) is 26.2 Å². The Morgan fingerprint density at radius 3 is 2.77 bits per heavy atom. The molecule has 2 N–H and O–H groups in total. The van der Waals surface area contributed by atoms with Crippen LogP contribution in [0.2, 0.25) is 0 Å². The first-order valence-electron chi connectivity index (χ1n) is 8.03. The first-order chi connectivity index (χ1) is 10.5. The largest absolute Gasteiger partial charge is 0.339 e. The molecular formula is C15H27N5O2. The van der Waals surface area contributed by atoms with Crippen LogP contribution in [0.25, 0.3) is 0 Å². The zero-order valence-corrected chi connectivity index (χ0v) is 13.8. The van der Waals surface area contributed by atoms with Crippen LogP contribution >= 0.6 is 0 Å². The number of nitrogens with one attached hydrogen (secondary N) is 2. The fourth-order valence-corrected chi connectivity index (χ4v) is 2.83. The summed E-state index contributed by atoms with van der Waals surface area (Å²) in [5.74, 6) is 1.27. The summed E-state index contributed by atoms with van der Waals surface area (Å²) in [5, 5.41) is 9.48. The molecule has 1 saturated heterocycles. The number of hydrogen-bond donors (Lipinski definition) is 2. The van der Waals surface area contributed by atoms with Gasteiger partial charge in [0.05, 0.1) is 0 Å². The molecule has 1 aromatic heterocycles. The van der Waals surface area contributed by atoms with Crippen LogP contribution in [0.5, 0.6) is 0 Å². The summed E-state index contributed by atoms with van der Waals surface area (Å²) in [5.41, 5.74) is 0.264. The van der Waals surface area contributed by atoms with Gasteiger partial charge in [-0.15, -0.1) is 0 Å². The molecule has 124 valence electrons. The highest BCUT2D eigenvalue weighted by Crippen LogP contribution is 2.27. The number of amides is 2. The maximum absolute atomic E-state index is 11.7. The molecule has 22 heavy (non-hydrogen) atoms. The number of nitrogens with zero attached hydrogens (tertiary/aromatic N) is 3. The highest BCUT2D eigenvalue weighted by Gasteiger charge is 2.31.